The second kappa shape index (κ2) is 7.65. The maximum Gasteiger partial charge on any atom is 0.00724 e. The zero-order chi connectivity index (χ0) is 9.36. The van der Waals surface area contributed by atoms with Gasteiger partial charge in [-0.25, -0.2) is 0 Å². The summed E-state index contributed by atoms with van der Waals surface area (Å²) in [4.78, 5) is 2.61. The van der Waals surface area contributed by atoms with Gasteiger partial charge in [0.2, 0.25) is 0 Å². The first-order chi connectivity index (χ1) is 6.43. The maximum atomic E-state index is 3.37. The molecule has 0 aromatic rings. The maximum absolute atomic E-state index is 3.37. The molecule has 0 aromatic carbocycles. The first-order valence-corrected chi connectivity index (χ1v) is 6.59. The Morgan fingerprint density at radius 1 is 1.31 bits per heavy atom. The van der Waals surface area contributed by atoms with Gasteiger partial charge in [0.1, 0.15) is 0 Å². The molecule has 0 amide bonds. The Kier molecular flexibility index (Phi) is 6.68. The second-order valence-electron chi connectivity index (χ2n) is 3.51. The predicted octanol–water partition coefficient (Wildman–Crippen LogP) is 1.42. The lowest BCUT2D eigenvalue weighted by Gasteiger charge is -2.18. The van der Waals surface area contributed by atoms with Gasteiger partial charge in [0, 0.05) is 12.3 Å². The van der Waals surface area contributed by atoms with Crippen molar-refractivity contribution in [3.63, 3.8) is 0 Å². The van der Waals surface area contributed by atoms with Crippen molar-refractivity contribution in [2.75, 3.05) is 44.2 Å². The van der Waals surface area contributed by atoms with Crippen LogP contribution in [0, 0.1) is 0 Å². The van der Waals surface area contributed by atoms with Gasteiger partial charge in [0.05, 0.1) is 0 Å². The van der Waals surface area contributed by atoms with Crippen LogP contribution in [-0.2, 0) is 0 Å². The number of hydrogen-bond acceptors (Lipinski definition) is 3. The highest BCUT2D eigenvalue weighted by Crippen LogP contribution is 2.09. The average molecular weight is 202 g/mol. The Hall–Kier alpha value is 0.270. The molecule has 0 atom stereocenters. The summed E-state index contributed by atoms with van der Waals surface area (Å²) in [5, 5.41) is 3.37. The Bertz CT molecular complexity index is 111. The van der Waals surface area contributed by atoms with Crippen LogP contribution >= 0.6 is 11.8 Å². The highest BCUT2D eigenvalue weighted by Gasteiger charge is 2.07. The van der Waals surface area contributed by atoms with E-state index in [1.807, 2.05) is 0 Å². The lowest BCUT2D eigenvalue weighted by molar-refractivity contribution is 0.290. The Morgan fingerprint density at radius 3 is 3.08 bits per heavy atom. The monoisotopic (exact) mass is 202 g/mol. The van der Waals surface area contributed by atoms with Crippen molar-refractivity contribution in [3.05, 3.63) is 0 Å². The molecular weight excluding hydrogens is 180 g/mol. The molecule has 0 aliphatic carbocycles. The Labute approximate surface area is 86.5 Å². The van der Waals surface area contributed by atoms with E-state index in [9.17, 15) is 0 Å². The number of thioether (sulfide) groups is 1. The molecule has 1 N–H and O–H groups in total. The third-order valence-corrected chi connectivity index (χ3v) is 3.44. The molecule has 1 rings (SSSR count). The fourth-order valence-electron chi connectivity index (χ4n) is 1.63. The van der Waals surface area contributed by atoms with Crippen LogP contribution in [0.1, 0.15) is 19.8 Å². The quantitative estimate of drug-likeness (QED) is 0.679. The molecule has 2 nitrogen and oxygen atoms in total. The Morgan fingerprint density at radius 2 is 2.23 bits per heavy atom. The van der Waals surface area contributed by atoms with Gasteiger partial charge < -0.3 is 10.2 Å². The molecule has 0 unspecified atom stereocenters. The summed E-state index contributed by atoms with van der Waals surface area (Å²) >= 11 is 2.11. The third kappa shape index (κ3) is 5.55. The molecule has 1 saturated heterocycles. The molecule has 0 saturated carbocycles. The van der Waals surface area contributed by atoms with Gasteiger partial charge in [-0.1, -0.05) is 6.92 Å². The normalized spacial score (nSPS) is 20.1. The minimum absolute atomic E-state index is 1.11. The first kappa shape index (κ1) is 11.3. The molecule has 13 heavy (non-hydrogen) atoms. The largest absolute Gasteiger partial charge is 0.317 e. The lowest BCUT2D eigenvalue weighted by atomic mass is 10.3. The average Bonchev–Trinajstić information content (AvgIpc) is 2.41. The molecule has 1 fully saturated rings. The molecule has 0 radical (unpaired) electrons. The van der Waals surface area contributed by atoms with Crippen LogP contribution in [0.5, 0.6) is 0 Å². The second-order valence-corrected chi connectivity index (χ2v) is 4.74. The highest BCUT2D eigenvalue weighted by atomic mass is 32.2. The van der Waals surface area contributed by atoms with E-state index in [1.54, 1.807) is 0 Å². The molecular formula is C10H22N2S. The number of nitrogens with zero attached hydrogens (tertiary/aromatic N) is 1. The first-order valence-electron chi connectivity index (χ1n) is 5.44. The summed E-state index contributed by atoms with van der Waals surface area (Å²) in [7, 11) is 0. The summed E-state index contributed by atoms with van der Waals surface area (Å²) in [6.07, 6.45) is 2.68. The van der Waals surface area contributed by atoms with Crippen LogP contribution in [0.3, 0.4) is 0 Å². The van der Waals surface area contributed by atoms with Crippen LogP contribution in [-0.4, -0.2) is 49.1 Å². The Balaban J connectivity index is 1.98. The van der Waals surface area contributed by atoms with Crippen LogP contribution in [0.25, 0.3) is 0 Å². The van der Waals surface area contributed by atoms with E-state index >= 15 is 0 Å². The minimum Gasteiger partial charge on any atom is -0.317 e. The zero-order valence-electron chi connectivity index (χ0n) is 8.72. The molecule has 1 heterocycles. The van der Waals surface area contributed by atoms with Gasteiger partial charge >= 0.3 is 0 Å². The fourth-order valence-corrected chi connectivity index (χ4v) is 2.55. The van der Waals surface area contributed by atoms with Crippen molar-refractivity contribution in [2.45, 2.75) is 19.8 Å². The number of rotatable bonds is 5. The van der Waals surface area contributed by atoms with Gasteiger partial charge in [0.25, 0.3) is 0 Å². The van der Waals surface area contributed by atoms with Crippen molar-refractivity contribution in [2.24, 2.45) is 0 Å². The molecule has 3 heteroatoms. The van der Waals surface area contributed by atoms with Crippen molar-refractivity contribution < 1.29 is 0 Å². The van der Waals surface area contributed by atoms with E-state index in [4.69, 9.17) is 0 Å². The van der Waals surface area contributed by atoms with Crippen molar-refractivity contribution in [1.82, 2.24) is 10.2 Å². The van der Waals surface area contributed by atoms with Crippen molar-refractivity contribution in [3.8, 4) is 0 Å². The van der Waals surface area contributed by atoms with E-state index in [0.717, 1.165) is 6.54 Å². The van der Waals surface area contributed by atoms with E-state index in [-0.39, 0.29) is 0 Å². The molecule has 0 bridgehead atoms. The standard InChI is InChI=1S/C10H22N2S/c1-2-11-5-3-6-12-7-4-9-13-10-8-12/h11H,2-10H2,1H3. The number of hydrogen-bond donors (Lipinski definition) is 1. The SMILES string of the molecule is CCNCCCN1CCCSCC1. The highest BCUT2D eigenvalue weighted by molar-refractivity contribution is 7.99. The molecule has 1 aliphatic heterocycles. The molecule has 1 aliphatic rings. The molecule has 0 spiro atoms. The summed E-state index contributed by atoms with van der Waals surface area (Å²) in [5.41, 5.74) is 0. The summed E-state index contributed by atoms with van der Waals surface area (Å²) < 4.78 is 0. The topological polar surface area (TPSA) is 15.3 Å². The minimum atomic E-state index is 1.11. The van der Waals surface area contributed by atoms with Gasteiger partial charge in [-0.15, -0.1) is 0 Å². The van der Waals surface area contributed by atoms with Gasteiger partial charge in [0.15, 0.2) is 0 Å². The molecule has 0 aromatic heterocycles. The van der Waals surface area contributed by atoms with E-state index in [0.29, 0.717) is 0 Å². The summed E-state index contributed by atoms with van der Waals surface area (Å²) in [6, 6.07) is 0. The van der Waals surface area contributed by atoms with E-state index < -0.39 is 0 Å². The van der Waals surface area contributed by atoms with Crippen LogP contribution < -0.4 is 5.32 Å². The zero-order valence-corrected chi connectivity index (χ0v) is 9.54. The lowest BCUT2D eigenvalue weighted by Crippen LogP contribution is -2.29. The summed E-state index contributed by atoms with van der Waals surface area (Å²) in [5.74, 6) is 2.70. The number of nitrogens with one attached hydrogen (secondary N) is 1. The predicted molar refractivity (Wildman–Crippen MR) is 61.5 cm³/mol. The fraction of sp³-hybridized carbons (Fsp3) is 1.00. The van der Waals surface area contributed by atoms with Crippen molar-refractivity contribution >= 4 is 11.8 Å². The third-order valence-electron chi connectivity index (χ3n) is 2.39. The van der Waals surface area contributed by atoms with Crippen molar-refractivity contribution in [1.29, 1.82) is 0 Å². The van der Waals surface area contributed by atoms with Crippen LogP contribution in [0.4, 0.5) is 0 Å². The summed E-state index contributed by atoms with van der Waals surface area (Å²) in [6.45, 7) is 8.36. The van der Waals surface area contributed by atoms with Gasteiger partial charge in [-0.2, -0.15) is 11.8 Å². The van der Waals surface area contributed by atoms with Gasteiger partial charge in [-0.3, -0.25) is 0 Å². The molecule has 78 valence electrons. The van der Waals surface area contributed by atoms with Crippen LogP contribution in [0.2, 0.25) is 0 Å². The van der Waals surface area contributed by atoms with Crippen LogP contribution in [0.15, 0.2) is 0 Å². The van der Waals surface area contributed by atoms with E-state index in [2.05, 4.69) is 28.9 Å². The van der Waals surface area contributed by atoms with Gasteiger partial charge in [-0.05, 0) is 44.8 Å². The smallest absolute Gasteiger partial charge is 0.00724 e. The van der Waals surface area contributed by atoms with E-state index in [1.165, 1.54) is 50.5 Å².